The topological polar surface area (TPSA) is 64.7 Å². The summed E-state index contributed by atoms with van der Waals surface area (Å²) in [7, 11) is 1.33. The zero-order valence-electron chi connectivity index (χ0n) is 13.2. The van der Waals surface area contributed by atoms with E-state index in [1.807, 2.05) is 6.07 Å². The summed E-state index contributed by atoms with van der Waals surface area (Å²) >= 11 is 0. The number of alkyl halides is 3. The van der Waals surface area contributed by atoms with E-state index in [2.05, 4.69) is 15.5 Å². The second-order valence-corrected chi connectivity index (χ2v) is 5.42. The van der Waals surface area contributed by atoms with Gasteiger partial charge in [0.2, 0.25) is 0 Å². The molecule has 130 valence electrons. The van der Waals surface area contributed by atoms with Crippen LogP contribution in [0.25, 0.3) is 0 Å². The van der Waals surface area contributed by atoms with E-state index in [4.69, 9.17) is 0 Å². The number of aromatic nitrogens is 4. The van der Waals surface area contributed by atoms with Crippen molar-refractivity contribution in [3.8, 4) is 0 Å². The molecule has 1 amide bonds. The number of nitrogens with one attached hydrogen (secondary N) is 1. The maximum absolute atomic E-state index is 13.0. The average molecular weight is 349 g/mol. The van der Waals surface area contributed by atoms with Crippen LogP contribution in [0.15, 0.2) is 48.9 Å². The molecule has 0 unspecified atom stereocenters. The summed E-state index contributed by atoms with van der Waals surface area (Å²) < 4.78 is 41.6. The number of hydrogen-bond donors (Lipinski definition) is 1. The van der Waals surface area contributed by atoms with Gasteiger partial charge in [0.25, 0.3) is 5.91 Å². The van der Waals surface area contributed by atoms with Gasteiger partial charge in [0.1, 0.15) is 0 Å². The summed E-state index contributed by atoms with van der Waals surface area (Å²) in [5.74, 6) is -0.864. The van der Waals surface area contributed by atoms with Crippen molar-refractivity contribution in [1.29, 1.82) is 0 Å². The fourth-order valence-corrected chi connectivity index (χ4v) is 2.39. The molecule has 3 rings (SSSR count). The van der Waals surface area contributed by atoms with Gasteiger partial charge in [-0.3, -0.25) is 14.2 Å². The fourth-order valence-electron chi connectivity index (χ4n) is 2.39. The first-order chi connectivity index (χ1) is 11.8. The number of carbonyl (C=O) groups excluding carboxylic acids is 1. The van der Waals surface area contributed by atoms with Crippen LogP contribution >= 0.6 is 0 Å². The Labute approximate surface area is 140 Å². The first kappa shape index (κ1) is 16.7. The van der Waals surface area contributed by atoms with E-state index in [-0.39, 0.29) is 0 Å². The number of anilines is 1. The van der Waals surface area contributed by atoms with E-state index >= 15 is 0 Å². The van der Waals surface area contributed by atoms with E-state index in [1.54, 1.807) is 41.3 Å². The van der Waals surface area contributed by atoms with Crippen LogP contribution in [0.3, 0.4) is 0 Å². The quantitative estimate of drug-likeness (QED) is 0.788. The summed E-state index contributed by atoms with van der Waals surface area (Å²) in [6.45, 7) is 0.484. The highest BCUT2D eigenvalue weighted by Gasteiger charge is 2.38. The molecular formula is C16H14F3N5O. The zero-order valence-corrected chi connectivity index (χ0v) is 13.2. The molecule has 0 fully saturated rings. The summed E-state index contributed by atoms with van der Waals surface area (Å²) in [6, 6.07) is 8.62. The fraction of sp³-hybridized carbons (Fsp3) is 0.188. The Hall–Kier alpha value is -3.10. The van der Waals surface area contributed by atoms with Gasteiger partial charge >= 0.3 is 6.18 Å². The van der Waals surface area contributed by atoms with Gasteiger partial charge in [0.15, 0.2) is 5.69 Å². The highest BCUT2D eigenvalue weighted by molar-refractivity contribution is 6.05. The third-order valence-electron chi connectivity index (χ3n) is 3.43. The molecule has 0 radical (unpaired) electrons. The predicted octanol–water partition coefficient (Wildman–Crippen LogP) is 2.94. The lowest BCUT2D eigenvalue weighted by Crippen LogP contribution is -2.18. The summed E-state index contributed by atoms with van der Waals surface area (Å²) in [4.78, 5) is 12.2. The normalized spacial score (nSPS) is 11.5. The molecule has 0 aliphatic carbocycles. The molecule has 0 atom stereocenters. The van der Waals surface area contributed by atoms with Crippen LogP contribution in [0.1, 0.15) is 21.6 Å². The van der Waals surface area contributed by atoms with E-state index in [9.17, 15) is 18.0 Å². The molecule has 0 spiro atoms. The molecular weight excluding hydrogens is 335 g/mol. The van der Waals surface area contributed by atoms with Crippen LogP contribution in [0.4, 0.5) is 18.9 Å². The van der Waals surface area contributed by atoms with E-state index in [0.717, 1.165) is 16.4 Å². The van der Waals surface area contributed by atoms with Gasteiger partial charge in [0, 0.05) is 31.3 Å². The Morgan fingerprint density at radius 2 is 2.08 bits per heavy atom. The van der Waals surface area contributed by atoms with Gasteiger partial charge in [-0.05, 0) is 23.8 Å². The number of aryl methyl sites for hydroxylation is 1. The summed E-state index contributed by atoms with van der Waals surface area (Å²) in [6.07, 6.45) is -0.217. The first-order valence-electron chi connectivity index (χ1n) is 7.31. The molecule has 0 saturated carbocycles. The number of halogens is 3. The maximum atomic E-state index is 13.0. The minimum atomic E-state index is -4.70. The number of benzene rings is 1. The van der Waals surface area contributed by atoms with Crippen molar-refractivity contribution < 1.29 is 18.0 Å². The molecule has 25 heavy (non-hydrogen) atoms. The van der Waals surface area contributed by atoms with Crippen molar-refractivity contribution in [2.45, 2.75) is 12.7 Å². The third-order valence-corrected chi connectivity index (χ3v) is 3.43. The second kappa shape index (κ2) is 6.42. The Morgan fingerprint density at radius 3 is 2.76 bits per heavy atom. The molecule has 0 aliphatic heterocycles. The molecule has 1 aromatic carbocycles. The minimum absolute atomic E-state index is 0.395. The second-order valence-electron chi connectivity index (χ2n) is 5.42. The number of amides is 1. The van der Waals surface area contributed by atoms with Gasteiger partial charge in [-0.1, -0.05) is 12.1 Å². The van der Waals surface area contributed by atoms with Crippen LogP contribution in [0.2, 0.25) is 0 Å². The molecule has 6 nitrogen and oxygen atoms in total. The zero-order chi connectivity index (χ0) is 18.0. The van der Waals surface area contributed by atoms with E-state index in [0.29, 0.717) is 12.2 Å². The lowest BCUT2D eigenvalue weighted by Gasteiger charge is -2.09. The van der Waals surface area contributed by atoms with E-state index in [1.165, 1.54) is 7.05 Å². The predicted molar refractivity (Wildman–Crippen MR) is 83.9 cm³/mol. The summed E-state index contributed by atoms with van der Waals surface area (Å²) in [5.41, 5.74) is -0.483. The first-order valence-corrected chi connectivity index (χ1v) is 7.31. The standard InChI is InChI=1S/C16H14F3N5O/c1-23-10-13(14(22-23)16(17,18)19)15(25)21-12-5-2-4-11(8-12)9-24-7-3-6-20-24/h2-8,10H,9H2,1H3,(H,21,25). The number of rotatable bonds is 4. The molecule has 0 bridgehead atoms. The Balaban J connectivity index is 1.80. The smallest absolute Gasteiger partial charge is 0.322 e. The van der Waals surface area contributed by atoms with E-state index < -0.39 is 23.3 Å². The average Bonchev–Trinajstić information content (AvgIpc) is 3.16. The van der Waals surface area contributed by atoms with Crippen LogP contribution in [-0.4, -0.2) is 25.5 Å². The lowest BCUT2D eigenvalue weighted by molar-refractivity contribution is -0.141. The molecule has 9 heteroatoms. The van der Waals surface area contributed by atoms with Gasteiger partial charge in [0.05, 0.1) is 12.1 Å². The largest absolute Gasteiger partial charge is 0.435 e. The van der Waals surface area contributed by atoms with Gasteiger partial charge in [-0.15, -0.1) is 0 Å². The van der Waals surface area contributed by atoms with Crippen LogP contribution in [-0.2, 0) is 19.8 Å². The maximum Gasteiger partial charge on any atom is 0.435 e. The monoisotopic (exact) mass is 349 g/mol. The molecule has 1 N–H and O–H groups in total. The molecule has 3 aromatic rings. The van der Waals surface area contributed by atoms with Crippen LogP contribution < -0.4 is 5.32 Å². The van der Waals surface area contributed by atoms with Crippen LogP contribution in [0.5, 0.6) is 0 Å². The molecule has 2 aromatic heterocycles. The van der Waals surface area contributed by atoms with Crippen molar-refractivity contribution in [2.24, 2.45) is 7.05 Å². The molecule has 0 aliphatic rings. The molecule has 0 saturated heterocycles. The molecule has 2 heterocycles. The lowest BCUT2D eigenvalue weighted by atomic mass is 10.2. The van der Waals surface area contributed by atoms with Gasteiger partial charge in [-0.2, -0.15) is 23.4 Å². The number of nitrogens with zero attached hydrogens (tertiary/aromatic N) is 4. The highest BCUT2D eigenvalue weighted by atomic mass is 19.4. The number of hydrogen-bond acceptors (Lipinski definition) is 3. The number of carbonyl (C=O) groups is 1. The van der Waals surface area contributed by atoms with Crippen molar-refractivity contribution in [1.82, 2.24) is 19.6 Å². The Bertz CT molecular complexity index is 884. The Morgan fingerprint density at radius 1 is 1.28 bits per heavy atom. The van der Waals surface area contributed by atoms with Gasteiger partial charge < -0.3 is 5.32 Å². The van der Waals surface area contributed by atoms with Crippen LogP contribution in [0, 0.1) is 0 Å². The van der Waals surface area contributed by atoms with Crippen molar-refractivity contribution in [3.05, 3.63) is 65.7 Å². The van der Waals surface area contributed by atoms with Gasteiger partial charge in [-0.25, -0.2) is 0 Å². The highest BCUT2D eigenvalue weighted by Crippen LogP contribution is 2.30. The third kappa shape index (κ3) is 3.87. The van der Waals surface area contributed by atoms with Crippen molar-refractivity contribution in [3.63, 3.8) is 0 Å². The SMILES string of the molecule is Cn1cc(C(=O)Nc2cccc(Cn3cccn3)c2)c(C(F)(F)F)n1. The summed E-state index contributed by atoms with van der Waals surface area (Å²) in [5, 5.41) is 9.90. The van der Waals surface area contributed by atoms with Crippen molar-refractivity contribution in [2.75, 3.05) is 5.32 Å². The Kier molecular flexibility index (Phi) is 4.30. The van der Waals surface area contributed by atoms with Crippen molar-refractivity contribution >= 4 is 11.6 Å². The minimum Gasteiger partial charge on any atom is -0.322 e.